The van der Waals surface area contributed by atoms with Gasteiger partial charge in [-0.3, -0.25) is 9.10 Å². The summed E-state index contributed by atoms with van der Waals surface area (Å²) in [5.41, 5.74) is 4.59. The van der Waals surface area contributed by atoms with Crippen LogP contribution in [0.5, 0.6) is 0 Å². The lowest BCUT2D eigenvalue weighted by Gasteiger charge is -2.20. The normalized spacial score (nSPS) is 13.1. The van der Waals surface area contributed by atoms with E-state index in [-0.39, 0.29) is 16.7 Å². The number of nitrogens with one attached hydrogen (secondary N) is 1. The molecule has 1 amide bonds. The lowest BCUT2D eigenvalue weighted by atomic mass is 10.1. The van der Waals surface area contributed by atoms with Gasteiger partial charge in [0, 0.05) is 30.1 Å². The van der Waals surface area contributed by atoms with E-state index in [1.165, 1.54) is 4.31 Å². The predicted molar refractivity (Wildman–Crippen MR) is 141 cm³/mol. The van der Waals surface area contributed by atoms with Gasteiger partial charge in [-0.1, -0.05) is 48.8 Å². The van der Waals surface area contributed by atoms with Gasteiger partial charge in [0.1, 0.15) is 0 Å². The minimum Gasteiger partial charge on any atom is -0.339 e. The summed E-state index contributed by atoms with van der Waals surface area (Å²) in [6.07, 6.45) is 1.09. The molecule has 0 fully saturated rings. The summed E-state index contributed by atoms with van der Waals surface area (Å²) in [5.74, 6) is 1.16. The Morgan fingerprint density at radius 3 is 2.46 bits per heavy atom. The third-order valence-corrected chi connectivity index (χ3v) is 8.18. The van der Waals surface area contributed by atoms with Crippen LogP contribution in [0.2, 0.25) is 0 Å². The van der Waals surface area contributed by atoms with Crippen LogP contribution in [0.3, 0.4) is 0 Å². The molecule has 9 heteroatoms. The Kier molecular flexibility index (Phi) is 6.55. The third kappa shape index (κ3) is 5.13. The number of nitrogens with zero attached hydrogens (tertiary/aromatic N) is 3. The number of amides is 1. The van der Waals surface area contributed by atoms with Crippen LogP contribution in [0.15, 0.2) is 76.1 Å². The van der Waals surface area contributed by atoms with Crippen LogP contribution in [0, 0.1) is 6.92 Å². The van der Waals surface area contributed by atoms with Crippen molar-refractivity contribution < 1.29 is 17.7 Å². The van der Waals surface area contributed by atoms with Gasteiger partial charge in [-0.25, -0.2) is 8.42 Å². The molecule has 0 aliphatic carbocycles. The predicted octanol–water partition coefficient (Wildman–Crippen LogP) is 5.10. The molecule has 190 valence electrons. The number of carbonyl (C=O) groups is 1. The number of aromatic nitrogens is 2. The fourth-order valence-electron chi connectivity index (χ4n) is 4.27. The van der Waals surface area contributed by atoms with Crippen molar-refractivity contribution in [3.63, 3.8) is 0 Å². The van der Waals surface area contributed by atoms with Crippen LogP contribution in [0.4, 0.5) is 11.4 Å². The van der Waals surface area contributed by atoms with Gasteiger partial charge in [0.25, 0.3) is 15.9 Å². The van der Waals surface area contributed by atoms with E-state index in [2.05, 4.69) is 15.5 Å². The molecule has 5 rings (SSSR count). The lowest BCUT2D eigenvalue weighted by Crippen LogP contribution is -2.29. The highest BCUT2D eigenvalue weighted by atomic mass is 32.2. The average Bonchev–Trinajstić information content (AvgIpc) is 3.53. The largest absolute Gasteiger partial charge is 0.339 e. The summed E-state index contributed by atoms with van der Waals surface area (Å²) in [6.45, 7) is 6.26. The number of benzene rings is 3. The second-order valence-corrected chi connectivity index (χ2v) is 11.4. The molecule has 0 bridgehead atoms. The van der Waals surface area contributed by atoms with E-state index >= 15 is 0 Å². The molecular formula is C28H28N4O4S. The molecule has 8 nitrogen and oxygen atoms in total. The monoisotopic (exact) mass is 516 g/mol. The molecule has 3 aromatic carbocycles. The van der Waals surface area contributed by atoms with Crippen LogP contribution < -0.4 is 9.62 Å². The Hall–Kier alpha value is -3.98. The zero-order valence-electron chi connectivity index (χ0n) is 20.9. The Bertz CT molecular complexity index is 1540. The Balaban J connectivity index is 1.26. The molecule has 0 radical (unpaired) electrons. The number of anilines is 2. The van der Waals surface area contributed by atoms with Gasteiger partial charge in [0.15, 0.2) is 5.82 Å². The molecule has 0 atom stereocenters. The average molecular weight is 517 g/mol. The molecule has 4 aromatic rings. The second kappa shape index (κ2) is 9.82. The van der Waals surface area contributed by atoms with Gasteiger partial charge in [0.05, 0.1) is 10.6 Å². The van der Waals surface area contributed by atoms with Gasteiger partial charge in [0.2, 0.25) is 5.89 Å². The molecule has 0 saturated heterocycles. The highest BCUT2D eigenvalue weighted by Gasteiger charge is 2.31. The minimum atomic E-state index is -3.66. The van der Waals surface area contributed by atoms with E-state index in [0.29, 0.717) is 48.0 Å². The number of sulfonamides is 1. The fraction of sp³-hybridized carbons (Fsp3) is 0.250. The lowest BCUT2D eigenvalue weighted by molar-refractivity contribution is 0.102. The molecule has 0 spiro atoms. The van der Waals surface area contributed by atoms with E-state index in [9.17, 15) is 13.2 Å². The van der Waals surface area contributed by atoms with Crippen molar-refractivity contribution in [2.45, 2.75) is 44.4 Å². The zero-order valence-corrected chi connectivity index (χ0v) is 21.7. The van der Waals surface area contributed by atoms with Crippen LogP contribution in [-0.4, -0.2) is 31.0 Å². The standard InChI is InChI=1S/C28H28N4O4S/c1-18(2)28-30-26(31-36-28)16-20-6-9-23(10-7-20)29-27(33)22-8-13-25-21(17-22)14-15-32(25)37(34,35)24-11-4-19(3)5-12-24/h4-13,17-18H,14-16H2,1-3H3,(H,29,33). The number of fused-ring (bicyclic) bond motifs is 1. The van der Waals surface area contributed by atoms with Gasteiger partial charge < -0.3 is 9.84 Å². The summed E-state index contributed by atoms with van der Waals surface area (Å²) >= 11 is 0. The van der Waals surface area contributed by atoms with Crippen LogP contribution in [-0.2, 0) is 22.9 Å². The molecule has 37 heavy (non-hydrogen) atoms. The smallest absolute Gasteiger partial charge is 0.264 e. The van der Waals surface area contributed by atoms with Gasteiger partial charge in [-0.2, -0.15) is 4.98 Å². The van der Waals surface area contributed by atoms with Gasteiger partial charge in [-0.15, -0.1) is 0 Å². The highest BCUT2D eigenvalue weighted by molar-refractivity contribution is 7.92. The number of carbonyl (C=O) groups excluding carboxylic acids is 1. The zero-order chi connectivity index (χ0) is 26.2. The number of hydrogen-bond donors (Lipinski definition) is 1. The van der Waals surface area contributed by atoms with Crippen molar-refractivity contribution in [1.29, 1.82) is 0 Å². The maximum atomic E-state index is 13.2. The summed E-state index contributed by atoms with van der Waals surface area (Å²) in [7, 11) is -3.66. The van der Waals surface area contributed by atoms with Crippen molar-refractivity contribution in [3.05, 3.63) is 101 Å². The van der Waals surface area contributed by atoms with E-state index in [1.54, 1.807) is 42.5 Å². The van der Waals surface area contributed by atoms with Crippen molar-refractivity contribution in [2.75, 3.05) is 16.2 Å². The first-order valence-electron chi connectivity index (χ1n) is 12.2. The van der Waals surface area contributed by atoms with E-state index in [4.69, 9.17) is 4.52 Å². The quantitative estimate of drug-likeness (QED) is 0.367. The molecule has 1 aliphatic heterocycles. The highest BCUT2D eigenvalue weighted by Crippen LogP contribution is 2.34. The van der Waals surface area contributed by atoms with E-state index in [0.717, 1.165) is 16.7 Å². The molecule has 0 saturated carbocycles. The van der Waals surface area contributed by atoms with Crippen molar-refractivity contribution in [2.24, 2.45) is 0 Å². The summed E-state index contributed by atoms with van der Waals surface area (Å²) in [6, 6.07) is 19.5. The summed E-state index contributed by atoms with van der Waals surface area (Å²) in [5, 5.41) is 6.93. The molecule has 0 unspecified atom stereocenters. The van der Waals surface area contributed by atoms with Gasteiger partial charge in [-0.05, 0) is 66.9 Å². The molecular weight excluding hydrogens is 488 g/mol. The summed E-state index contributed by atoms with van der Waals surface area (Å²) < 4.78 is 33.0. The first-order valence-corrected chi connectivity index (χ1v) is 13.6. The summed E-state index contributed by atoms with van der Waals surface area (Å²) in [4.78, 5) is 17.6. The van der Waals surface area contributed by atoms with Crippen LogP contribution in [0.1, 0.15) is 58.5 Å². The van der Waals surface area contributed by atoms with E-state index in [1.807, 2.05) is 45.0 Å². The Morgan fingerprint density at radius 2 is 1.78 bits per heavy atom. The number of aryl methyl sites for hydroxylation is 1. The second-order valence-electron chi connectivity index (χ2n) is 9.52. The SMILES string of the molecule is Cc1ccc(S(=O)(=O)N2CCc3cc(C(=O)Nc4ccc(Cc5noc(C(C)C)n5)cc4)ccc32)cc1. The topological polar surface area (TPSA) is 105 Å². The number of rotatable bonds is 7. The Labute approximate surface area is 216 Å². The van der Waals surface area contributed by atoms with E-state index < -0.39 is 10.0 Å². The fourth-order valence-corrected chi connectivity index (χ4v) is 5.77. The van der Waals surface area contributed by atoms with Crippen LogP contribution >= 0.6 is 0 Å². The first-order chi connectivity index (χ1) is 17.7. The maximum absolute atomic E-state index is 13.2. The van der Waals surface area contributed by atoms with Crippen LogP contribution in [0.25, 0.3) is 0 Å². The maximum Gasteiger partial charge on any atom is 0.264 e. The number of hydrogen-bond acceptors (Lipinski definition) is 6. The molecule has 1 N–H and O–H groups in total. The van der Waals surface area contributed by atoms with Gasteiger partial charge >= 0.3 is 0 Å². The first kappa shape index (κ1) is 24.7. The molecule has 1 aliphatic rings. The van der Waals surface area contributed by atoms with Crippen molar-refractivity contribution in [1.82, 2.24) is 10.1 Å². The molecule has 2 heterocycles. The minimum absolute atomic E-state index is 0.179. The third-order valence-electron chi connectivity index (χ3n) is 6.36. The Morgan fingerprint density at radius 1 is 1.05 bits per heavy atom. The molecule has 1 aromatic heterocycles. The van der Waals surface area contributed by atoms with Crippen molar-refractivity contribution >= 4 is 27.3 Å². The van der Waals surface area contributed by atoms with Crippen molar-refractivity contribution in [3.8, 4) is 0 Å².